The molecule has 3 aromatic rings. The van der Waals surface area contributed by atoms with Crippen molar-refractivity contribution in [1.82, 2.24) is 9.97 Å². The van der Waals surface area contributed by atoms with Gasteiger partial charge in [-0.15, -0.1) is 0 Å². The van der Waals surface area contributed by atoms with Gasteiger partial charge in [0.05, 0.1) is 0 Å². The van der Waals surface area contributed by atoms with Gasteiger partial charge in [0, 0.05) is 28.8 Å². The molecule has 0 saturated carbocycles. The number of rotatable bonds is 1. The standard InChI is InChI=1S/C17H14N4O/c18-16-12(9-20-17(19)21-16)15-10-5-1-3-7-13(10)22-14-8-4-2-6-11(14)15/h1-9,15H,(H4,18,19,20,21). The lowest BCUT2D eigenvalue weighted by molar-refractivity contribution is 0.453. The van der Waals surface area contributed by atoms with Gasteiger partial charge >= 0.3 is 0 Å². The molecule has 0 unspecified atom stereocenters. The number of nitrogens with two attached hydrogens (primary N) is 2. The van der Waals surface area contributed by atoms with Gasteiger partial charge in [-0.2, -0.15) is 4.98 Å². The molecule has 5 nitrogen and oxygen atoms in total. The number of aromatic nitrogens is 2. The van der Waals surface area contributed by atoms with Crippen molar-refractivity contribution >= 4 is 11.8 Å². The molecule has 1 aliphatic heterocycles. The highest BCUT2D eigenvalue weighted by atomic mass is 16.5. The van der Waals surface area contributed by atoms with E-state index in [2.05, 4.69) is 9.97 Å². The molecule has 5 heteroatoms. The molecule has 0 radical (unpaired) electrons. The van der Waals surface area contributed by atoms with E-state index in [4.69, 9.17) is 16.2 Å². The summed E-state index contributed by atoms with van der Waals surface area (Å²) in [7, 11) is 0. The molecule has 0 atom stereocenters. The molecule has 22 heavy (non-hydrogen) atoms. The number of anilines is 2. The third kappa shape index (κ3) is 1.87. The highest BCUT2D eigenvalue weighted by Gasteiger charge is 2.30. The first-order chi connectivity index (χ1) is 10.7. The first kappa shape index (κ1) is 12.6. The highest BCUT2D eigenvalue weighted by Crippen LogP contribution is 2.47. The predicted octanol–water partition coefficient (Wildman–Crippen LogP) is 2.93. The van der Waals surface area contributed by atoms with Crippen LogP contribution < -0.4 is 16.2 Å². The predicted molar refractivity (Wildman–Crippen MR) is 84.8 cm³/mol. The Hall–Kier alpha value is -3.08. The van der Waals surface area contributed by atoms with Gasteiger partial charge in [-0.3, -0.25) is 0 Å². The summed E-state index contributed by atoms with van der Waals surface area (Å²) in [6, 6.07) is 15.8. The number of fused-ring (bicyclic) bond motifs is 2. The summed E-state index contributed by atoms with van der Waals surface area (Å²) >= 11 is 0. The average molecular weight is 290 g/mol. The van der Waals surface area contributed by atoms with Crippen LogP contribution in [0.15, 0.2) is 54.7 Å². The quantitative estimate of drug-likeness (QED) is 0.563. The minimum atomic E-state index is -0.0678. The van der Waals surface area contributed by atoms with E-state index in [1.54, 1.807) is 6.20 Å². The Morgan fingerprint density at radius 2 is 1.41 bits per heavy atom. The van der Waals surface area contributed by atoms with Crippen LogP contribution in [0.2, 0.25) is 0 Å². The van der Waals surface area contributed by atoms with Crippen LogP contribution in [0.1, 0.15) is 22.6 Å². The van der Waals surface area contributed by atoms with Gasteiger partial charge in [0.2, 0.25) is 5.95 Å². The molecule has 0 bridgehead atoms. The van der Waals surface area contributed by atoms with E-state index in [9.17, 15) is 0 Å². The van der Waals surface area contributed by atoms with E-state index >= 15 is 0 Å². The van der Waals surface area contributed by atoms with Crippen molar-refractivity contribution in [3.05, 3.63) is 71.4 Å². The summed E-state index contributed by atoms with van der Waals surface area (Å²) in [6.45, 7) is 0. The number of nitrogens with zero attached hydrogens (tertiary/aromatic N) is 2. The zero-order valence-corrected chi connectivity index (χ0v) is 11.7. The summed E-state index contributed by atoms with van der Waals surface area (Å²) in [4.78, 5) is 8.21. The third-order valence-corrected chi connectivity index (χ3v) is 3.86. The first-order valence-electron chi connectivity index (χ1n) is 6.97. The van der Waals surface area contributed by atoms with E-state index in [0.717, 1.165) is 28.2 Å². The van der Waals surface area contributed by atoms with Gasteiger partial charge in [0.1, 0.15) is 17.3 Å². The molecule has 0 fully saturated rings. The van der Waals surface area contributed by atoms with Gasteiger partial charge in [0.25, 0.3) is 0 Å². The van der Waals surface area contributed by atoms with Crippen molar-refractivity contribution in [2.24, 2.45) is 0 Å². The molecule has 0 saturated heterocycles. The Kier molecular flexibility index (Phi) is 2.72. The summed E-state index contributed by atoms with van der Waals surface area (Å²) in [5.74, 6) is 2.14. The Labute approximate surface area is 127 Å². The van der Waals surface area contributed by atoms with E-state index in [0.29, 0.717) is 5.82 Å². The normalized spacial score (nSPS) is 13.1. The van der Waals surface area contributed by atoms with E-state index in [1.165, 1.54) is 0 Å². The SMILES string of the molecule is Nc1ncc(C2c3ccccc3Oc3ccccc32)c(N)n1. The maximum absolute atomic E-state index is 6.09. The molecule has 1 aliphatic rings. The van der Waals surface area contributed by atoms with Crippen molar-refractivity contribution in [3.8, 4) is 11.5 Å². The molecule has 0 spiro atoms. The zero-order valence-electron chi connectivity index (χ0n) is 11.7. The molecule has 108 valence electrons. The lowest BCUT2D eigenvalue weighted by atomic mass is 9.83. The minimum absolute atomic E-state index is 0.0678. The lowest BCUT2D eigenvalue weighted by Gasteiger charge is -2.28. The highest BCUT2D eigenvalue weighted by molar-refractivity contribution is 5.61. The van der Waals surface area contributed by atoms with Gasteiger partial charge in [-0.25, -0.2) is 4.98 Å². The maximum Gasteiger partial charge on any atom is 0.221 e. The topological polar surface area (TPSA) is 87.0 Å². The monoisotopic (exact) mass is 290 g/mol. The van der Waals surface area contributed by atoms with Gasteiger partial charge in [-0.05, 0) is 12.1 Å². The summed E-state index contributed by atoms with van der Waals surface area (Å²) in [6.07, 6.45) is 1.70. The fraction of sp³-hybridized carbons (Fsp3) is 0.0588. The van der Waals surface area contributed by atoms with Crippen LogP contribution in [0.5, 0.6) is 11.5 Å². The first-order valence-corrected chi connectivity index (χ1v) is 6.97. The van der Waals surface area contributed by atoms with Gasteiger partial charge in [-0.1, -0.05) is 36.4 Å². The Balaban J connectivity index is 1.98. The Morgan fingerprint density at radius 3 is 2.00 bits per heavy atom. The maximum atomic E-state index is 6.09. The number of hydrogen-bond acceptors (Lipinski definition) is 5. The number of hydrogen-bond donors (Lipinski definition) is 2. The molecule has 0 aliphatic carbocycles. The smallest absolute Gasteiger partial charge is 0.221 e. The van der Waals surface area contributed by atoms with Crippen LogP contribution in [0.3, 0.4) is 0 Å². The molecular formula is C17H14N4O. The minimum Gasteiger partial charge on any atom is -0.457 e. The second kappa shape index (κ2) is 4.73. The fourth-order valence-corrected chi connectivity index (χ4v) is 2.89. The number of para-hydroxylation sites is 2. The van der Waals surface area contributed by atoms with Crippen LogP contribution >= 0.6 is 0 Å². The average Bonchev–Trinajstić information content (AvgIpc) is 2.53. The zero-order chi connectivity index (χ0) is 15.1. The molecule has 0 amide bonds. The van der Waals surface area contributed by atoms with Crippen molar-refractivity contribution in [2.75, 3.05) is 11.5 Å². The van der Waals surface area contributed by atoms with Crippen molar-refractivity contribution in [1.29, 1.82) is 0 Å². The lowest BCUT2D eigenvalue weighted by Crippen LogP contribution is -2.14. The van der Waals surface area contributed by atoms with Gasteiger partial charge < -0.3 is 16.2 Å². The Morgan fingerprint density at radius 1 is 0.818 bits per heavy atom. The van der Waals surface area contributed by atoms with Crippen LogP contribution in [0.4, 0.5) is 11.8 Å². The molecule has 4 rings (SSSR count). The van der Waals surface area contributed by atoms with E-state index < -0.39 is 0 Å². The number of nitrogen functional groups attached to an aromatic ring is 2. The third-order valence-electron chi connectivity index (χ3n) is 3.86. The van der Waals surface area contributed by atoms with Crippen LogP contribution in [0, 0.1) is 0 Å². The molecule has 4 N–H and O–H groups in total. The fourth-order valence-electron chi connectivity index (χ4n) is 2.89. The summed E-state index contributed by atoms with van der Waals surface area (Å²) in [5.41, 5.74) is 14.6. The summed E-state index contributed by atoms with van der Waals surface area (Å²) in [5, 5.41) is 0. The van der Waals surface area contributed by atoms with E-state index in [1.807, 2.05) is 48.5 Å². The molecule has 2 heterocycles. The summed E-state index contributed by atoms with van der Waals surface area (Å²) < 4.78 is 5.99. The van der Waals surface area contributed by atoms with Crippen molar-refractivity contribution in [2.45, 2.75) is 5.92 Å². The molecule has 1 aromatic heterocycles. The Bertz CT molecular complexity index is 817. The van der Waals surface area contributed by atoms with Crippen LogP contribution in [0.25, 0.3) is 0 Å². The van der Waals surface area contributed by atoms with Crippen LogP contribution in [-0.4, -0.2) is 9.97 Å². The number of benzene rings is 2. The van der Waals surface area contributed by atoms with Crippen molar-refractivity contribution in [3.63, 3.8) is 0 Å². The van der Waals surface area contributed by atoms with Gasteiger partial charge in [0.15, 0.2) is 0 Å². The second-order valence-corrected chi connectivity index (χ2v) is 5.18. The number of ether oxygens (including phenoxy) is 1. The van der Waals surface area contributed by atoms with E-state index in [-0.39, 0.29) is 11.9 Å². The molecule has 2 aromatic carbocycles. The largest absolute Gasteiger partial charge is 0.457 e. The van der Waals surface area contributed by atoms with Crippen molar-refractivity contribution < 1.29 is 4.74 Å². The second-order valence-electron chi connectivity index (χ2n) is 5.18. The van der Waals surface area contributed by atoms with Crippen LogP contribution in [-0.2, 0) is 0 Å². The molecular weight excluding hydrogens is 276 g/mol.